The number of benzene rings is 1. The highest BCUT2D eigenvalue weighted by molar-refractivity contribution is 6.09. The number of ketones is 1. The number of hydrogen-bond donors (Lipinski definition) is 0. The van der Waals surface area contributed by atoms with Crippen molar-refractivity contribution in [1.29, 1.82) is 5.26 Å². The molecule has 0 spiro atoms. The summed E-state index contributed by atoms with van der Waals surface area (Å²) in [4.78, 5) is 15.2. The average molecular weight is 367 g/mol. The second kappa shape index (κ2) is 8.22. The molecule has 2 aliphatic heterocycles. The first-order valence-corrected chi connectivity index (χ1v) is 9.70. The van der Waals surface area contributed by atoms with Crippen LogP contribution in [0.4, 0.5) is 0 Å². The van der Waals surface area contributed by atoms with Gasteiger partial charge in [0.15, 0.2) is 12.1 Å². The minimum atomic E-state index is -0.0547. The van der Waals surface area contributed by atoms with E-state index in [4.69, 9.17) is 14.7 Å². The summed E-state index contributed by atoms with van der Waals surface area (Å²) < 4.78 is 13.3. The van der Waals surface area contributed by atoms with Gasteiger partial charge in [-0.25, -0.2) is 0 Å². The van der Waals surface area contributed by atoms with Crippen LogP contribution < -0.4 is 0 Å². The molecule has 0 unspecified atom stereocenters. The zero-order chi connectivity index (χ0) is 18.6. The van der Waals surface area contributed by atoms with Crippen LogP contribution in [0.3, 0.4) is 0 Å². The van der Waals surface area contributed by atoms with Crippen molar-refractivity contribution in [3.8, 4) is 6.07 Å². The van der Waals surface area contributed by atoms with Crippen molar-refractivity contribution in [1.82, 2.24) is 9.47 Å². The molecule has 142 valence electrons. The van der Waals surface area contributed by atoms with Gasteiger partial charge in [-0.2, -0.15) is 5.26 Å². The second-order valence-corrected chi connectivity index (χ2v) is 7.31. The molecule has 0 radical (unpaired) electrons. The average Bonchev–Trinajstić information content (AvgIpc) is 3.35. The van der Waals surface area contributed by atoms with Crippen LogP contribution in [0.5, 0.6) is 0 Å². The molecule has 27 heavy (non-hydrogen) atoms. The molecule has 4 rings (SSSR count). The number of Topliss-reactive ketones (excluding diaryl/α,β-unsaturated/α-hetero) is 1. The van der Waals surface area contributed by atoms with E-state index in [1.165, 1.54) is 0 Å². The molecule has 0 atom stereocenters. The third-order valence-corrected chi connectivity index (χ3v) is 5.59. The number of nitrogens with zero attached hydrogens (tertiary/aromatic N) is 3. The van der Waals surface area contributed by atoms with Crippen LogP contribution in [0.2, 0.25) is 0 Å². The lowest BCUT2D eigenvalue weighted by atomic mass is 9.95. The number of rotatable bonds is 6. The molecular weight excluding hydrogens is 342 g/mol. The van der Waals surface area contributed by atoms with Crippen LogP contribution in [-0.2, 0) is 16.0 Å². The minimum Gasteiger partial charge on any atom is -0.350 e. The number of hydrogen-bond acceptors (Lipinski definition) is 5. The maximum atomic E-state index is 13.0. The summed E-state index contributed by atoms with van der Waals surface area (Å²) in [6.07, 6.45) is 4.30. The first-order chi connectivity index (χ1) is 13.3. The molecule has 1 aromatic carbocycles. The summed E-state index contributed by atoms with van der Waals surface area (Å²) in [5.41, 5.74) is 1.78. The zero-order valence-corrected chi connectivity index (χ0v) is 15.5. The molecule has 3 heterocycles. The number of carbonyl (C=O) groups is 1. The van der Waals surface area contributed by atoms with E-state index in [9.17, 15) is 4.79 Å². The molecule has 2 aromatic rings. The van der Waals surface area contributed by atoms with E-state index in [1.54, 1.807) is 0 Å². The number of likely N-dealkylation sites (tertiary alicyclic amines) is 1. The largest absolute Gasteiger partial charge is 0.350 e. The van der Waals surface area contributed by atoms with Gasteiger partial charge in [-0.3, -0.25) is 9.69 Å². The van der Waals surface area contributed by atoms with E-state index in [0.717, 1.165) is 42.4 Å². The van der Waals surface area contributed by atoms with Crippen LogP contribution in [-0.4, -0.2) is 54.4 Å². The molecule has 6 heteroatoms. The molecule has 0 N–H and O–H groups in total. The van der Waals surface area contributed by atoms with Gasteiger partial charge in [-0.05, 0) is 32.0 Å². The van der Waals surface area contributed by atoms with Gasteiger partial charge in [0, 0.05) is 35.1 Å². The normalized spacial score (nSPS) is 19.5. The maximum absolute atomic E-state index is 13.0. The second-order valence-electron chi connectivity index (χ2n) is 7.31. The molecule has 0 aliphatic carbocycles. The van der Waals surface area contributed by atoms with E-state index < -0.39 is 0 Å². The molecule has 0 bridgehead atoms. The summed E-state index contributed by atoms with van der Waals surface area (Å²) in [5.74, 6) is 0.584. The highest BCUT2D eigenvalue weighted by atomic mass is 16.7. The van der Waals surface area contributed by atoms with Crippen LogP contribution in [0.25, 0.3) is 10.9 Å². The Hall–Kier alpha value is -2.20. The van der Waals surface area contributed by atoms with Crippen LogP contribution in [0, 0.1) is 17.2 Å². The van der Waals surface area contributed by atoms with Gasteiger partial charge < -0.3 is 14.0 Å². The van der Waals surface area contributed by atoms with Crippen LogP contribution in [0.1, 0.15) is 29.6 Å². The Balaban J connectivity index is 1.42. The van der Waals surface area contributed by atoms with E-state index in [-0.39, 0.29) is 12.1 Å². The first kappa shape index (κ1) is 18.2. The Morgan fingerprint density at radius 1 is 1.19 bits per heavy atom. The molecule has 6 nitrogen and oxygen atoms in total. The Kier molecular flexibility index (Phi) is 5.53. The Bertz CT molecular complexity index is 840. The van der Waals surface area contributed by atoms with Crippen molar-refractivity contribution in [3.05, 3.63) is 36.0 Å². The van der Waals surface area contributed by atoms with Gasteiger partial charge in [0.05, 0.1) is 32.2 Å². The monoisotopic (exact) mass is 367 g/mol. The van der Waals surface area contributed by atoms with Crippen LogP contribution in [0.15, 0.2) is 30.5 Å². The lowest BCUT2D eigenvalue weighted by molar-refractivity contribution is -0.0968. The van der Waals surface area contributed by atoms with Gasteiger partial charge >= 0.3 is 0 Å². The fourth-order valence-electron chi connectivity index (χ4n) is 4.14. The summed E-state index contributed by atoms with van der Waals surface area (Å²) in [6.45, 7) is 4.22. The maximum Gasteiger partial charge on any atom is 0.178 e. The van der Waals surface area contributed by atoms with Crippen LogP contribution >= 0.6 is 0 Å². The number of fused-ring (bicyclic) bond motifs is 1. The van der Waals surface area contributed by atoms with Gasteiger partial charge in [0.2, 0.25) is 0 Å². The molecule has 0 amide bonds. The van der Waals surface area contributed by atoms with Gasteiger partial charge in [0.25, 0.3) is 0 Å². The summed E-state index contributed by atoms with van der Waals surface area (Å²) in [7, 11) is 0. The predicted molar refractivity (Wildman–Crippen MR) is 101 cm³/mol. The number of piperidine rings is 1. The molecule has 2 aliphatic rings. The quantitative estimate of drug-likeness (QED) is 0.735. The Morgan fingerprint density at radius 2 is 1.93 bits per heavy atom. The van der Waals surface area contributed by atoms with Crippen molar-refractivity contribution in [2.75, 3.05) is 32.8 Å². The van der Waals surface area contributed by atoms with Crippen molar-refractivity contribution >= 4 is 16.7 Å². The van der Waals surface area contributed by atoms with Crippen molar-refractivity contribution in [3.63, 3.8) is 0 Å². The van der Waals surface area contributed by atoms with E-state index in [1.807, 2.05) is 35.0 Å². The van der Waals surface area contributed by atoms with Crippen molar-refractivity contribution in [2.24, 2.45) is 5.92 Å². The Labute approximate surface area is 159 Å². The number of aromatic nitrogens is 1. The third-order valence-electron chi connectivity index (χ3n) is 5.59. The van der Waals surface area contributed by atoms with E-state index in [2.05, 4.69) is 11.0 Å². The third kappa shape index (κ3) is 3.91. The number of nitriles is 1. The first-order valence-electron chi connectivity index (χ1n) is 9.70. The number of aryl methyl sites for hydroxylation is 1. The lowest BCUT2D eigenvalue weighted by Gasteiger charge is -2.33. The molecule has 1 aromatic heterocycles. The molecule has 2 saturated heterocycles. The molecule has 0 saturated carbocycles. The van der Waals surface area contributed by atoms with Crippen molar-refractivity contribution in [2.45, 2.75) is 32.1 Å². The summed E-state index contributed by atoms with van der Waals surface area (Å²) in [5, 5.41) is 9.85. The van der Waals surface area contributed by atoms with Gasteiger partial charge in [-0.15, -0.1) is 0 Å². The van der Waals surface area contributed by atoms with Crippen molar-refractivity contribution < 1.29 is 14.3 Å². The predicted octanol–water partition coefficient (Wildman–Crippen LogP) is 2.82. The van der Waals surface area contributed by atoms with E-state index >= 15 is 0 Å². The van der Waals surface area contributed by atoms with Gasteiger partial charge in [-0.1, -0.05) is 18.2 Å². The summed E-state index contributed by atoms with van der Waals surface area (Å²) in [6, 6.07) is 10.1. The number of ether oxygens (including phenoxy) is 2. The number of carbonyl (C=O) groups excluding carboxylic acids is 1. The molecule has 2 fully saturated rings. The standard InChI is InChI=1S/C21H25N3O3/c22-8-3-9-24-14-18(17-4-1-2-5-19(17)24)20(25)15-23-10-6-16(7-11-23)21-26-12-13-27-21/h1-2,4-5,14,16,21H,3,6-7,9-13,15H2. The smallest absolute Gasteiger partial charge is 0.178 e. The Morgan fingerprint density at radius 3 is 2.67 bits per heavy atom. The zero-order valence-electron chi connectivity index (χ0n) is 15.5. The topological polar surface area (TPSA) is 67.5 Å². The van der Waals surface area contributed by atoms with E-state index in [0.29, 0.717) is 38.6 Å². The number of para-hydroxylation sites is 1. The SMILES string of the molecule is N#CCCn1cc(C(=O)CN2CCC(C3OCCO3)CC2)c2ccccc21. The lowest BCUT2D eigenvalue weighted by Crippen LogP contribution is -2.40. The fourth-order valence-corrected chi connectivity index (χ4v) is 4.14. The highest BCUT2D eigenvalue weighted by Crippen LogP contribution is 2.27. The highest BCUT2D eigenvalue weighted by Gasteiger charge is 2.31. The van der Waals surface area contributed by atoms with Gasteiger partial charge in [0.1, 0.15) is 0 Å². The summed E-state index contributed by atoms with van der Waals surface area (Å²) >= 11 is 0. The minimum absolute atomic E-state index is 0.0547. The molecular formula is C21H25N3O3. The fraction of sp³-hybridized carbons (Fsp3) is 0.524.